The van der Waals surface area contributed by atoms with Gasteiger partial charge in [-0.3, -0.25) is 4.99 Å². The Labute approximate surface area is 102 Å². The van der Waals surface area contributed by atoms with Crippen molar-refractivity contribution in [1.82, 2.24) is 0 Å². The van der Waals surface area contributed by atoms with Gasteiger partial charge in [-0.1, -0.05) is 36.4 Å². The minimum Gasteiger partial charge on any atom is -0.282 e. The van der Waals surface area contributed by atoms with E-state index in [1.165, 1.54) is 21.9 Å². The molecule has 0 fully saturated rings. The molecule has 0 bridgehead atoms. The van der Waals surface area contributed by atoms with E-state index >= 15 is 0 Å². The van der Waals surface area contributed by atoms with Crippen molar-refractivity contribution in [1.29, 1.82) is 0 Å². The van der Waals surface area contributed by atoms with Gasteiger partial charge in [0.25, 0.3) is 0 Å². The van der Waals surface area contributed by atoms with Crippen molar-refractivity contribution in [2.45, 2.75) is 19.9 Å². The molecule has 0 N–H and O–H groups in total. The molecular formula is C16H15N. The fourth-order valence-electron chi connectivity index (χ4n) is 2.45. The number of aliphatic imine (C=N–C) groups is 1. The number of fused-ring (bicyclic) bond motifs is 1. The summed E-state index contributed by atoms with van der Waals surface area (Å²) in [7, 11) is 0. The first kappa shape index (κ1) is 10.3. The smallest absolute Gasteiger partial charge is 0.0730 e. The van der Waals surface area contributed by atoms with E-state index < -0.39 is 0 Å². The predicted molar refractivity (Wildman–Crippen MR) is 74.5 cm³/mol. The van der Waals surface area contributed by atoms with Crippen LogP contribution in [0.2, 0.25) is 0 Å². The summed E-state index contributed by atoms with van der Waals surface area (Å²) in [5, 5.41) is 2.59. The maximum atomic E-state index is 4.55. The van der Waals surface area contributed by atoms with E-state index in [-0.39, 0.29) is 6.04 Å². The molecule has 0 aliphatic carbocycles. The van der Waals surface area contributed by atoms with Crippen molar-refractivity contribution in [2.24, 2.45) is 4.99 Å². The van der Waals surface area contributed by atoms with Gasteiger partial charge in [0.1, 0.15) is 0 Å². The highest BCUT2D eigenvalue weighted by molar-refractivity contribution is 6.04. The number of nitrogens with zero attached hydrogens (tertiary/aromatic N) is 1. The summed E-state index contributed by atoms with van der Waals surface area (Å²) in [6, 6.07) is 15.4. The Kier molecular flexibility index (Phi) is 2.32. The van der Waals surface area contributed by atoms with E-state index in [1.54, 1.807) is 0 Å². The Morgan fingerprint density at radius 3 is 2.47 bits per heavy atom. The molecule has 0 saturated heterocycles. The molecule has 1 heteroatoms. The molecule has 1 unspecified atom stereocenters. The lowest BCUT2D eigenvalue weighted by Gasteiger charge is -2.08. The Bertz CT molecular complexity index is 635. The van der Waals surface area contributed by atoms with E-state index in [0.29, 0.717) is 0 Å². The summed E-state index contributed by atoms with van der Waals surface area (Å²) < 4.78 is 0. The van der Waals surface area contributed by atoms with Crippen LogP contribution in [0.15, 0.2) is 53.5 Å². The second-order valence-corrected chi connectivity index (χ2v) is 4.61. The first-order valence-electron chi connectivity index (χ1n) is 5.99. The molecule has 0 amide bonds. The van der Waals surface area contributed by atoms with Crippen molar-refractivity contribution in [3.63, 3.8) is 0 Å². The van der Waals surface area contributed by atoms with Crippen molar-refractivity contribution in [2.75, 3.05) is 0 Å². The Balaban J connectivity index is 2.11. The highest BCUT2D eigenvalue weighted by Gasteiger charge is 2.15. The Hall–Kier alpha value is -1.89. The highest BCUT2D eigenvalue weighted by Crippen LogP contribution is 2.27. The standard InChI is InChI=1S/C16H15N/c1-11-9-16(12(2)17-11)15-8-7-13-5-3-4-6-14(13)10-15/h3-10,12H,1-2H3. The second kappa shape index (κ2) is 3.85. The van der Waals surface area contributed by atoms with Crippen LogP contribution in [-0.4, -0.2) is 11.8 Å². The van der Waals surface area contributed by atoms with Gasteiger partial charge in [-0.25, -0.2) is 0 Å². The van der Waals surface area contributed by atoms with E-state index in [9.17, 15) is 0 Å². The highest BCUT2D eigenvalue weighted by atomic mass is 14.8. The van der Waals surface area contributed by atoms with E-state index in [0.717, 1.165) is 5.71 Å². The van der Waals surface area contributed by atoms with Gasteiger partial charge in [0.05, 0.1) is 6.04 Å². The third-order valence-electron chi connectivity index (χ3n) is 3.29. The molecule has 84 valence electrons. The fourth-order valence-corrected chi connectivity index (χ4v) is 2.45. The maximum absolute atomic E-state index is 4.55. The van der Waals surface area contributed by atoms with Gasteiger partial charge in [-0.05, 0) is 47.9 Å². The fraction of sp³-hybridized carbons (Fsp3) is 0.188. The van der Waals surface area contributed by atoms with Crippen LogP contribution in [0.4, 0.5) is 0 Å². The molecule has 1 atom stereocenters. The first-order valence-corrected chi connectivity index (χ1v) is 5.99. The molecule has 1 aliphatic rings. The average Bonchev–Trinajstić information content (AvgIpc) is 2.68. The molecule has 1 nitrogen and oxygen atoms in total. The summed E-state index contributed by atoms with van der Waals surface area (Å²) >= 11 is 0. The van der Waals surface area contributed by atoms with E-state index in [1.807, 2.05) is 0 Å². The van der Waals surface area contributed by atoms with Gasteiger partial charge in [-0.15, -0.1) is 0 Å². The predicted octanol–water partition coefficient (Wildman–Crippen LogP) is 4.09. The summed E-state index contributed by atoms with van der Waals surface area (Å²) in [6.07, 6.45) is 2.19. The molecule has 1 aliphatic heterocycles. The van der Waals surface area contributed by atoms with Crippen LogP contribution >= 0.6 is 0 Å². The van der Waals surface area contributed by atoms with Crippen LogP contribution < -0.4 is 0 Å². The van der Waals surface area contributed by atoms with Crippen molar-refractivity contribution in [3.8, 4) is 0 Å². The lowest BCUT2D eigenvalue weighted by molar-refractivity contribution is 0.964. The maximum Gasteiger partial charge on any atom is 0.0730 e. The molecule has 2 aromatic carbocycles. The minimum absolute atomic E-state index is 0.288. The van der Waals surface area contributed by atoms with E-state index in [4.69, 9.17) is 0 Å². The Morgan fingerprint density at radius 1 is 1.00 bits per heavy atom. The molecule has 0 saturated carbocycles. The van der Waals surface area contributed by atoms with Crippen LogP contribution in [0.3, 0.4) is 0 Å². The molecule has 0 aromatic heterocycles. The minimum atomic E-state index is 0.288. The zero-order chi connectivity index (χ0) is 11.8. The van der Waals surface area contributed by atoms with Gasteiger partial charge in [0, 0.05) is 5.71 Å². The SMILES string of the molecule is CC1=NC(C)C(c2ccc3ccccc3c2)=C1. The largest absolute Gasteiger partial charge is 0.282 e. The summed E-state index contributed by atoms with van der Waals surface area (Å²) in [4.78, 5) is 4.55. The van der Waals surface area contributed by atoms with Crippen LogP contribution in [0, 0.1) is 0 Å². The third-order valence-corrected chi connectivity index (χ3v) is 3.29. The number of benzene rings is 2. The average molecular weight is 221 g/mol. The molecule has 3 rings (SSSR count). The summed E-state index contributed by atoms with van der Waals surface area (Å²) in [5.74, 6) is 0. The van der Waals surface area contributed by atoms with Crippen molar-refractivity contribution < 1.29 is 0 Å². The van der Waals surface area contributed by atoms with Crippen LogP contribution in [0.5, 0.6) is 0 Å². The van der Waals surface area contributed by atoms with Gasteiger partial charge in [-0.2, -0.15) is 0 Å². The van der Waals surface area contributed by atoms with Gasteiger partial charge in [0.15, 0.2) is 0 Å². The summed E-state index contributed by atoms with van der Waals surface area (Å²) in [5.41, 5.74) is 3.74. The molecule has 2 aromatic rings. The van der Waals surface area contributed by atoms with Crippen LogP contribution in [0.25, 0.3) is 16.3 Å². The van der Waals surface area contributed by atoms with Crippen LogP contribution in [0.1, 0.15) is 19.4 Å². The van der Waals surface area contributed by atoms with Gasteiger partial charge < -0.3 is 0 Å². The number of hydrogen-bond acceptors (Lipinski definition) is 1. The Morgan fingerprint density at radius 2 is 1.76 bits per heavy atom. The zero-order valence-electron chi connectivity index (χ0n) is 10.1. The second-order valence-electron chi connectivity index (χ2n) is 4.61. The van der Waals surface area contributed by atoms with Crippen LogP contribution in [-0.2, 0) is 0 Å². The third kappa shape index (κ3) is 1.78. The number of hydrogen-bond donors (Lipinski definition) is 0. The van der Waals surface area contributed by atoms with Crippen molar-refractivity contribution >= 4 is 22.1 Å². The monoisotopic (exact) mass is 221 g/mol. The number of rotatable bonds is 1. The quantitative estimate of drug-likeness (QED) is 0.688. The molecular weight excluding hydrogens is 206 g/mol. The topological polar surface area (TPSA) is 12.4 Å². The molecule has 17 heavy (non-hydrogen) atoms. The first-order chi connectivity index (χ1) is 8.24. The molecule has 0 spiro atoms. The summed E-state index contributed by atoms with van der Waals surface area (Å²) in [6.45, 7) is 4.21. The zero-order valence-corrected chi connectivity index (χ0v) is 10.1. The normalized spacial score (nSPS) is 19.3. The lowest BCUT2D eigenvalue weighted by atomic mass is 9.98. The lowest BCUT2D eigenvalue weighted by Crippen LogP contribution is -1.97. The molecule has 0 radical (unpaired) electrons. The van der Waals surface area contributed by atoms with Gasteiger partial charge >= 0.3 is 0 Å². The molecule has 1 heterocycles. The van der Waals surface area contributed by atoms with E-state index in [2.05, 4.69) is 67.4 Å². The van der Waals surface area contributed by atoms with Crippen molar-refractivity contribution in [3.05, 3.63) is 54.1 Å². The van der Waals surface area contributed by atoms with Gasteiger partial charge in [0.2, 0.25) is 0 Å². The number of allylic oxidation sites excluding steroid dienone is 1.